The number of piperidine rings is 1. The molecule has 2 heterocycles. The van der Waals surface area contributed by atoms with Crippen molar-refractivity contribution >= 4 is 27.3 Å². The lowest BCUT2D eigenvalue weighted by molar-refractivity contribution is -0.384. The number of nitro groups is 1. The number of benzene rings is 1. The van der Waals surface area contributed by atoms with Crippen LogP contribution in [0, 0.1) is 10.1 Å². The fraction of sp³-hybridized carbons (Fsp3) is 0.562. The fourth-order valence-electron chi connectivity index (χ4n) is 3.49. The maximum absolute atomic E-state index is 12.8. The Bertz CT molecular complexity index is 838. The zero-order valence-electron chi connectivity index (χ0n) is 14.8. The molecule has 3 N–H and O–H groups in total. The first-order chi connectivity index (χ1) is 12.8. The van der Waals surface area contributed by atoms with Crippen LogP contribution in [0.1, 0.15) is 19.3 Å². The molecule has 0 spiro atoms. The first-order valence-corrected chi connectivity index (χ1v) is 10.3. The van der Waals surface area contributed by atoms with Crippen LogP contribution in [0.4, 0.5) is 11.4 Å². The molecule has 1 aromatic carbocycles. The number of nitrogens with zero attached hydrogens (tertiary/aromatic N) is 3. The average molecular weight is 397 g/mol. The number of amides is 1. The number of rotatable bonds is 5. The summed E-state index contributed by atoms with van der Waals surface area (Å²) < 4.78 is 27.0. The number of primary amides is 1. The molecule has 0 bridgehead atoms. The van der Waals surface area contributed by atoms with E-state index in [1.54, 1.807) is 4.90 Å². The lowest BCUT2D eigenvalue weighted by atomic mass is 10.1. The van der Waals surface area contributed by atoms with Gasteiger partial charge in [-0.05, 0) is 25.0 Å². The Morgan fingerprint density at radius 3 is 2.56 bits per heavy atom. The number of anilines is 1. The number of nitrogens with one attached hydrogen (secondary N) is 1. The molecular weight excluding hydrogens is 374 g/mol. The van der Waals surface area contributed by atoms with Gasteiger partial charge in [-0.1, -0.05) is 6.42 Å². The van der Waals surface area contributed by atoms with Crippen LogP contribution in [-0.4, -0.2) is 62.3 Å². The monoisotopic (exact) mass is 397 g/mol. The van der Waals surface area contributed by atoms with Gasteiger partial charge in [-0.15, -0.1) is 0 Å². The van der Waals surface area contributed by atoms with Gasteiger partial charge < -0.3 is 16.0 Å². The van der Waals surface area contributed by atoms with Crippen LogP contribution in [-0.2, 0) is 14.8 Å². The van der Waals surface area contributed by atoms with Gasteiger partial charge in [0.2, 0.25) is 15.9 Å². The third-order valence-electron chi connectivity index (χ3n) is 4.96. The molecule has 27 heavy (non-hydrogen) atoms. The van der Waals surface area contributed by atoms with Crippen LogP contribution in [0.5, 0.6) is 0 Å². The van der Waals surface area contributed by atoms with E-state index in [-0.39, 0.29) is 22.8 Å². The molecule has 3 rings (SSSR count). The molecule has 0 aromatic heterocycles. The molecule has 1 aromatic rings. The van der Waals surface area contributed by atoms with Crippen molar-refractivity contribution < 1.29 is 18.1 Å². The van der Waals surface area contributed by atoms with Gasteiger partial charge in [0.1, 0.15) is 11.7 Å². The molecule has 0 saturated carbocycles. The van der Waals surface area contributed by atoms with E-state index in [9.17, 15) is 23.3 Å². The van der Waals surface area contributed by atoms with E-state index in [0.29, 0.717) is 26.2 Å². The van der Waals surface area contributed by atoms with Crippen molar-refractivity contribution in [2.75, 3.05) is 37.6 Å². The Morgan fingerprint density at radius 2 is 1.93 bits per heavy atom. The van der Waals surface area contributed by atoms with Crippen molar-refractivity contribution in [3.63, 3.8) is 0 Å². The topological polar surface area (TPSA) is 139 Å². The summed E-state index contributed by atoms with van der Waals surface area (Å²) in [6.45, 7) is 1.93. The van der Waals surface area contributed by atoms with Gasteiger partial charge >= 0.3 is 0 Å². The number of carbonyl (C=O) groups is 1. The quantitative estimate of drug-likeness (QED) is 0.528. The van der Waals surface area contributed by atoms with E-state index in [0.717, 1.165) is 25.3 Å². The minimum atomic E-state index is -3.77. The van der Waals surface area contributed by atoms with Crippen molar-refractivity contribution in [2.45, 2.75) is 30.2 Å². The molecule has 10 nitrogen and oxygen atoms in total. The SMILES string of the molecule is NC(=O)[C@H]1CN(c2ccc(S(=O)(=O)N3CCCCC3)cc2[N+](=O)[O-])CCN1. The second-order valence-corrected chi connectivity index (χ2v) is 8.67. The van der Waals surface area contributed by atoms with Crippen molar-refractivity contribution in [3.05, 3.63) is 28.3 Å². The molecule has 11 heteroatoms. The number of sulfonamides is 1. The highest BCUT2D eigenvalue weighted by molar-refractivity contribution is 7.89. The van der Waals surface area contributed by atoms with E-state index in [2.05, 4.69) is 5.32 Å². The van der Waals surface area contributed by atoms with Crippen LogP contribution in [0.3, 0.4) is 0 Å². The first kappa shape index (κ1) is 19.5. The first-order valence-electron chi connectivity index (χ1n) is 8.87. The van der Waals surface area contributed by atoms with Crippen molar-refractivity contribution in [1.29, 1.82) is 0 Å². The maximum atomic E-state index is 12.8. The normalized spacial score (nSPS) is 21.8. The molecule has 2 aliphatic heterocycles. The summed E-state index contributed by atoms with van der Waals surface area (Å²) in [5, 5.41) is 14.6. The summed E-state index contributed by atoms with van der Waals surface area (Å²) in [5.74, 6) is -0.536. The molecular formula is C16H23N5O5S. The Labute approximate surface area is 157 Å². The van der Waals surface area contributed by atoms with Crippen molar-refractivity contribution in [2.24, 2.45) is 5.73 Å². The number of hydrogen-bond donors (Lipinski definition) is 2. The highest BCUT2D eigenvalue weighted by Crippen LogP contribution is 2.33. The molecule has 1 amide bonds. The van der Waals surface area contributed by atoms with E-state index in [4.69, 9.17) is 5.73 Å². The summed E-state index contributed by atoms with van der Waals surface area (Å²) in [4.78, 5) is 24.0. The molecule has 1 atom stereocenters. The summed E-state index contributed by atoms with van der Waals surface area (Å²) in [6.07, 6.45) is 2.55. The summed E-state index contributed by atoms with van der Waals surface area (Å²) in [7, 11) is -3.77. The summed E-state index contributed by atoms with van der Waals surface area (Å²) >= 11 is 0. The van der Waals surface area contributed by atoms with Gasteiger partial charge in [-0.3, -0.25) is 14.9 Å². The van der Waals surface area contributed by atoms with Crippen LogP contribution in [0.25, 0.3) is 0 Å². The molecule has 2 saturated heterocycles. The number of carbonyl (C=O) groups excluding carboxylic acids is 1. The standard InChI is InChI=1S/C16H23N5O5S/c17-16(22)13-11-19(9-6-18-13)14-5-4-12(10-15(14)21(23)24)27(25,26)20-7-2-1-3-8-20/h4-5,10,13,18H,1-3,6-9,11H2,(H2,17,22)/t13-/m1/s1. The van der Waals surface area contributed by atoms with Gasteiger partial charge in [-0.2, -0.15) is 4.31 Å². The smallest absolute Gasteiger partial charge is 0.293 e. The number of piperazine rings is 1. The van der Waals surface area contributed by atoms with Crippen LogP contribution in [0.2, 0.25) is 0 Å². The van der Waals surface area contributed by atoms with Crippen molar-refractivity contribution in [3.8, 4) is 0 Å². The zero-order valence-corrected chi connectivity index (χ0v) is 15.7. The predicted octanol–water partition coefficient (Wildman–Crippen LogP) is 0.0329. The highest BCUT2D eigenvalue weighted by Gasteiger charge is 2.31. The maximum Gasteiger partial charge on any atom is 0.293 e. The van der Waals surface area contributed by atoms with Gasteiger partial charge in [0.25, 0.3) is 5.69 Å². The zero-order chi connectivity index (χ0) is 19.6. The van der Waals surface area contributed by atoms with Gasteiger partial charge in [0.05, 0.1) is 9.82 Å². The molecule has 148 valence electrons. The number of nitrogens with two attached hydrogens (primary N) is 1. The molecule has 0 unspecified atom stereocenters. The minimum absolute atomic E-state index is 0.0820. The van der Waals surface area contributed by atoms with Crippen LogP contribution >= 0.6 is 0 Å². The van der Waals surface area contributed by atoms with E-state index >= 15 is 0 Å². The van der Waals surface area contributed by atoms with Crippen LogP contribution in [0.15, 0.2) is 23.1 Å². The lowest BCUT2D eigenvalue weighted by Crippen LogP contribution is -2.56. The van der Waals surface area contributed by atoms with Crippen LogP contribution < -0.4 is 16.0 Å². The lowest BCUT2D eigenvalue weighted by Gasteiger charge is -2.33. The third kappa shape index (κ3) is 4.04. The Hall–Kier alpha value is -2.24. The molecule has 0 aliphatic carbocycles. The van der Waals surface area contributed by atoms with Gasteiger partial charge in [0.15, 0.2) is 0 Å². The Kier molecular flexibility index (Phi) is 5.63. The molecule has 0 radical (unpaired) electrons. The number of hydrogen-bond acceptors (Lipinski definition) is 7. The number of nitro benzene ring substituents is 1. The minimum Gasteiger partial charge on any atom is -0.368 e. The largest absolute Gasteiger partial charge is 0.368 e. The third-order valence-corrected chi connectivity index (χ3v) is 6.85. The Balaban J connectivity index is 1.93. The van der Waals surface area contributed by atoms with Gasteiger partial charge in [-0.25, -0.2) is 8.42 Å². The van der Waals surface area contributed by atoms with E-state index in [1.807, 2.05) is 0 Å². The second-order valence-electron chi connectivity index (χ2n) is 6.73. The molecule has 2 fully saturated rings. The highest BCUT2D eigenvalue weighted by atomic mass is 32.2. The Morgan fingerprint density at radius 1 is 1.22 bits per heavy atom. The fourth-order valence-corrected chi connectivity index (χ4v) is 5.03. The van der Waals surface area contributed by atoms with Gasteiger partial charge in [0, 0.05) is 38.8 Å². The van der Waals surface area contributed by atoms with Crippen molar-refractivity contribution in [1.82, 2.24) is 9.62 Å². The van der Waals surface area contributed by atoms with E-state index < -0.39 is 26.9 Å². The predicted molar refractivity (Wildman–Crippen MR) is 98.9 cm³/mol. The summed E-state index contributed by atoms with van der Waals surface area (Å²) in [6, 6.07) is 3.34. The molecule has 2 aliphatic rings. The average Bonchev–Trinajstić information content (AvgIpc) is 2.68. The van der Waals surface area contributed by atoms with E-state index in [1.165, 1.54) is 16.4 Å². The summed E-state index contributed by atoms with van der Waals surface area (Å²) in [5.41, 5.74) is 5.31. The second kappa shape index (κ2) is 7.79.